The minimum Gasteiger partial charge on any atom is -0.496 e. The molecular formula is C20H26O4. The van der Waals surface area contributed by atoms with E-state index in [0.29, 0.717) is 28.9 Å². The molecule has 4 heteroatoms. The number of hydrogen-bond donors (Lipinski definition) is 0. The fourth-order valence-electron chi connectivity index (χ4n) is 4.11. The van der Waals surface area contributed by atoms with Gasteiger partial charge in [-0.1, -0.05) is 12.8 Å². The van der Waals surface area contributed by atoms with Gasteiger partial charge >= 0.3 is 0 Å². The maximum atomic E-state index is 12.8. The van der Waals surface area contributed by atoms with Crippen molar-refractivity contribution < 1.29 is 19.0 Å². The molecule has 2 aliphatic rings. The fourth-order valence-corrected chi connectivity index (χ4v) is 4.11. The second kappa shape index (κ2) is 7.29. The first-order valence-corrected chi connectivity index (χ1v) is 8.72. The number of ether oxygens (including phenoxy) is 3. The number of ketones is 1. The fraction of sp³-hybridized carbons (Fsp3) is 0.550. The molecule has 4 nitrogen and oxygen atoms in total. The number of allylic oxidation sites excluding steroid dienone is 1. The Hall–Kier alpha value is -1.97. The van der Waals surface area contributed by atoms with Crippen molar-refractivity contribution in [2.75, 3.05) is 21.3 Å². The highest BCUT2D eigenvalue weighted by Gasteiger charge is 2.36. The van der Waals surface area contributed by atoms with E-state index in [0.717, 1.165) is 24.0 Å². The van der Waals surface area contributed by atoms with Crippen LogP contribution in [0.5, 0.6) is 17.2 Å². The van der Waals surface area contributed by atoms with Gasteiger partial charge in [0.15, 0.2) is 17.3 Å². The zero-order valence-electron chi connectivity index (χ0n) is 14.8. The molecule has 2 fully saturated rings. The third-order valence-corrected chi connectivity index (χ3v) is 5.41. The van der Waals surface area contributed by atoms with Gasteiger partial charge in [-0.05, 0) is 49.3 Å². The summed E-state index contributed by atoms with van der Waals surface area (Å²) in [5, 5.41) is 0. The van der Waals surface area contributed by atoms with Gasteiger partial charge in [0.2, 0.25) is 0 Å². The highest BCUT2D eigenvalue weighted by atomic mass is 16.5. The second-order valence-corrected chi connectivity index (χ2v) is 6.67. The standard InChI is InChI=1S/C20H26O4/c1-22-17-12-19(24-3)18(23-2)11-15(17)10-14-8-9-16(20(14)21)13-6-4-5-7-13/h10-13,16H,4-9H2,1-3H3/b14-10+/t16-/m0/s1. The third kappa shape index (κ3) is 3.14. The zero-order valence-corrected chi connectivity index (χ0v) is 14.8. The predicted octanol–water partition coefficient (Wildman–Crippen LogP) is 4.27. The Morgan fingerprint density at radius 2 is 1.54 bits per heavy atom. The first kappa shape index (κ1) is 16.9. The van der Waals surface area contributed by atoms with Crippen LogP contribution in [0, 0.1) is 11.8 Å². The number of carbonyl (C=O) groups is 1. The molecule has 0 heterocycles. The van der Waals surface area contributed by atoms with E-state index in [1.807, 2.05) is 12.1 Å². The highest BCUT2D eigenvalue weighted by Crippen LogP contribution is 2.42. The van der Waals surface area contributed by atoms with E-state index in [9.17, 15) is 4.79 Å². The highest BCUT2D eigenvalue weighted by molar-refractivity contribution is 6.03. The Labute approximate surface area is 143 Å². The van der Waals surface area contributed by atoms with Gasteiger partial charge in [0, 0.05) is 17.5 Å². The molecule has 0 aromatic heterocycles. The molecule has 0 spiro atoms. The third-order valence-electron chi connectivity index (χ3n) is 5.41. The largest absolute Gasteiger partial charge is 0.496 e. The van der Waals surface area contributed by atoms with E-state index in [1.54, 1.807) is 27.4 Å². The molecule has 1 aromatic rings. The molecule has 130 valence electrons. The van der Waals surface area contributed by atoms with Gasteiger partial charge < -0.3 is 14.2 Å². The van der Waals surface area contributed by atoms with Crippen molar-refractivity contribution in [1.29, 1.82) is 0 Å². The molecule has 1 atom stereocenters. The number of rotatable bonds is 5. The zero-order chi connectivity index (χ0) is 17.1. The van der Waals surface area contributed by atoms with Crippen molar-refractivity contribution in [3.63, 3.8) is 0 Å². The Morgan fingerprint density at radius 3 is 2.17 bits per heavy atom. The molecule has 3 rings (SSSR count). The van der Waals surface area contributed by atoms with Crippen molar-refractivity contribution >= 4 is 11.9 Å². The van der Waals surface area contributed by atoms with Crippen LogP contribution < -0.4 is 14.2 Å². The van der Waals surface area contributed by atoms with Crippen LogP contribution in [0.15, 0.2) is 17.7 Å². The SMILES string of the molecule is COc1cc(OC)c(OC)cc1/C=C1\CC[C@@H](C2CCCC2)C1=O. The molecule has 0 bridgehead atoms. The molecule has 0 radical (unpaired) electrons. The lowest BCUT2D eigenvalue weighted by Crippen LogP contribution is -2.16. The molecule has 1 aromatic carbocycles. The van der Waals surface area contributed by atoms with Gasteiger partial charge in [0.25, 0.3) is 0 Å². The van der Waals surface area contributed by atoms with E-state index in [4.69, 9.17) is 14.2 Å². The number of carbonyl (C=O) groups excluding carboxylic acids is 1. The van der Waals surface area contributed by atoms with Crippen molar-refractivity contribution in [3.05, 3.63) is 23.3 Å². The summed E-state index contributed by atoms with van der Waals surface area (Å²) in [6.45, 7) is 0. The van der Waals surface area contributed by atoms with Gasteiger partial charge in [-0.25, -0.2) is 0 Å². The molecule has 0 amide bonds. The van der Waals surface area contributed by atoms with Crippen LogP contribution in [0.3, 0.4) is 0 Å². The van der Waals surface area contributed by atoms with Gasteiger partial charge in [0.05, 0.1) is 21.3 Å². The summed E-state index contributed by atoms with van der Waals surface area (Å²) in [6, 6.07) is 3.68. The van der Waals surface area contributed by atoms with Gasteiger partial charge in [-0.15, -0.1) is 0 Å². The molecule has 0 saturated heterocycles. The Balaban J connectivity index is 1.89. The van der Waals surface area contributed by atoms with Crippen molar-refractivity contribution in [1.82, 2.24) is 0 Å². The van der Waals surface area contributed by atoms with Crippen LogP contribution in [0.2, 0.25) is 0 Å². The van der Waals surface area contributed by atoms with E-state index in [2.05, 4.69) is 0 Å². The average Bonchev–Trinajstić information content (AvgIpc) is 3.25. The van der Waals surface area contributed by atoms with E-state index >= 15 is 0 Å². The average molecular weight is 330 g/mol. The minimum absolute atomic E-state index is 0.227. The Bertz CT molecular complexity index is 641. The van der Waals surface area contributed by atoms with Crippen LogP contribution in [0.4, 0.5) is 0 Å². The van der Waals surface area contributed by atoms with E-state index in [1.165, 1.54) is 25.7 Å². The summed E-state index contributed by atoms with van der Waals surface area (Å²) in [7, 11) is 4.83. The minimum atomic E-state index is 0.227. The number of benzene rings is 1. The lowest BCUT2D eigenvalue weighted by Gasteiger charge is -2.15. The number of methoxy groups -OCH3 is 3. The van der Waals surface area contributed by atoms with Crippen LogP contribution in [0.25, 0.3) is 6.08 Å². The van der Waals surface area contributed by atoms with E-state index < -0.39 is 0 Å². The van der Waals surface area contributed by atoms with Crippen molar-refractivity contribution in [3.8, 4) is 17.2 Å². The summed E-state index contributed by atoms with van der Waals surface area (Å²) in [6.07, 6.45) is 8.79. The summed E-state index contributed by atoms with van der Waals surface area (Å²) < 4.78 is 16.2. The van der Waals surface area contributed by atoms with Crippen LogP contribution in [-0.4, -0.2) is 27.1 Å². The first-order chi connectivity index (χ1) is 11.7. The number of Topliss-reactive ketones (excluding diaryl/α,β-unsaturated/α-hetero) is 1. The first-order valence-electron chi connectivity index (χ1n) is 8.72. The maximum absolute atomic E-state index is 12.8. The molecule has 2 saturated carbocycles. The smallest absolute Gasteiger partial charge is 0.164 e. The van der Waals surface area contributed by atoms with Crippen LogP contribution in [0.1, 0.15) is 44.1 Å². The molecule has 0 aliphatic heterocycles. The maximum Gasteiger partial charge on any atom is 0.164 e. The topological polar surface area (TPSA) is 44.8 Å². The monoisotopic (exact) mass is 330 g/mol. The predicted molar refractivity (Wildman–Crippen MR) is 93.8 cm³/mol. The molecule has 0 unspecified atom stereocenters. The summed E-state index contributed by atoms with van der Waals surface area (Å²) in [5.74, 6) is 3.11. The van der Waals surface area contributed by atoms with Crippen LogP contribution >= 0.6 is 0 Å². The van der Waals surface area contributed by atoms with E-state index in [-0.39, 0.29) is 5.92 Å². The quantitative estimate of drug-likeness (QED) is 0.757. The Morgan fingerprint density at radius 1 is 0.917 bits per heavy atom. The van der Waals surface area contributed by atoms with Gasteiger partial charge in [-0.3, -0.25) is 4.79 Å². The molecule has 2 aliphatic carbocycles. The molecule has 24 heavy (non-hydrogen) atoms. The molecular weight excluding hydrogens is 304 g/mol. The normalized spacial score (nSPS) is 23.0. The summed E-state index contributed by atoms with van der Waals surface area (Å²) in [5.41, 5.74) is 1.78. The van der Waals surface area contributed by atoms with Crippen LogP contribution in [-0.2, 0) is 4.79 Å². The lowest BCUT2D eigenvalue weighted by atomic mass is 9.88. The van der Waals surface area contributed by atoms with Crippen molar-refractivity contribution in [2.24, 2.45) is 11.8 Å². The Kier molecular flexibility index (Phi) is 5.12. The van der Waals surface area contributed by atoms with Gasteiger partial charge in [-0.2, -0.15) is 0 Å². The van der Waals surface area contributed by atoms with Crippen molar-refractivity contribution in [2.45, 2.75) is 38.5 Å². The second-order valence-electron chi connectivity index (χ2n) is 6.67. The lowest BCUT2D eigenvalue weighted by molar-refractivity contribution is -0.119. The van der Waals surface area contributed by atoms with Gasteiger partial charge in [0.1, 0.15) is 5.75 Å². The molecule has 0 N–H and O–H groups in total. The number of hydrogen-bond acceptors (Lipinski definition) is 4. The summed E-state index contributed by atoms with van der Waals surface area (Å²) in [4.78, 5) is 12.8. The summed E-state index contributed by atoms with van der Waals surface area (Å²) >= 11 is 0.